The second kappa shape index (κ2) is 16.9. The molecule has 1 aromatic heterocycles. The molecule has 2 unspecified atom stereocenters. The number of nitrogen functional groups attached to an aromatic ring is 2. The van der Waals surface area contributed by atoms with E-state index in [1.165, 1.54) is 68.4 Å². The molecule has 10 heteroatoms. The van der Waals surface area contributed by atoms with Crippen LogP contribution >= 0.6 is 34.5 Å². The largest absolute Gasteiger partial charge is 0.495 e. The highest BCUT2D eigenvalue weighted by Gasteiger charge is 2.26. The molecular weight excluding hydrogens is 587 g/mol. The Balaban J connectivity index is 0.000000247. The number of halogens is 2. The summed E-state index contributed by atoms with van der Waals surface area (Å²) in [6.07, 6.45) is 10.7. The van der Waals surface area contributed by atoms with E-state index in [1.54, 1.807) is 25.3 Å². The Morgan fingerprint density at radius 2 is 1.52 bits per heavy atom. The van der Waals surface area contributed by atoms with Crippen molar-refractivity contribution in [3.63, 3.8) is 0 Å². The molecule has 0 radical (unpaired) electrons. The molecule has 0 bridgehead atoms. The number of aromatic nitrogens is 1. The zero-order chi connectivity index (χ0) is 30.6. The number of ether oxygens (including phenoxy) is 1. The number of thiazole rings is 1. The second-order valence-corrected chi connectivity index (χ2v) is 13.0. The van der Waals surface area contributed by atoms with Gasteiger partial charge in [0.2, 0.25) is 0 Å². The first kappa shape index (κ1) is 33.9. The summed E-state index contributed by atoms with van der Waals surface area (Å²) in [6.45, 7) is 10.8. The summed E-state index contributed by atoms with van der Waals surface area (Å²) >= 11 is 13.0. The predicted molar refractivity (Wildman–Crippen MR) is 182 cm³/mol. The lowest BCUT2D eigenvalue weighted by atomic mass is 9.92. The highest BCUT2D eigenvalue weighted by Crippen LogP contribution is 2.37. The van der Waals surface area contributed by atoms with Crippen LogP contribution in [0, 0.1) is 25.7 Å². The summed E-state index contributed by atoms with van der Waals surface area (Å²) in [6, 6.07) is 9.22. The topological polar surface area (TPSA) is 102 Å². The molecule has 0 amide bonds. The fraction of sp³-hybridized carbons (Fsp3) is 0.531. The molecule has 2 atom stereocenters. The average Bonchev–Trinajstić information content (AvgIpc) is 3.14. The zero-order valence-electron chi connectivity index (χ0n) is 25.6. The fourth-order valence-electron chi connectivity index (χ4n) is 5.31. The number of methoxy groups -OCH3 is 1. The SMILES string of the molecule is CCCCC1CCC(CCCC)CN(c2cc(C)c(N)cc2OC)C1.Cc1nc(N)sc1N=Nc1cc(Cl)cc(Cl)c1. The van der Waals surface area contributed by atoms with Crippen LogP contribution in [0.5, 0.6) is 5.75 Å². The van der Waals surface area contributed by atoms with Gasteiger partial charge in [0.15, 0.2) is 10.1 Å². The van der Waals surface area contributed by atoms with Gasteiger partial charge in [-0.2, -0.15) is 0 Å². The van der Waals surface area contributed by atoms with Gasteiger partial charge in [-0.15, -0.1) is 10.2 Å². The molecule has 0 spiro atoms. The quantitative estimate of drug-likeness (QED) is 0.171. The second-order valence-electron chi connectivity index (χ2n) is 11.1. The Morgan fingerprint density at radius 1 is 0.929 bits per heavy atom. The third-order valence-corrected chi connectivity index (χ3v) is 8.98. The Bertz CT molecular complexity index is 1280. The Hall–Kier alpha value is -2.55. The third-order valence-electron chi connectivity index (χ3n) is 7.67. The number of rotatable bonds is 10. The van der Waals surface area contributed by atoms with E-state index >= 15 is 0 Å². The number of nitrogens with zero attached hydrogens (tertiary/aromatic N) is 4. The van der Waals surface area contributed by atoms with Gasteiger partial charge in [-0.1, -0.05) is 74.1 Å². The van der Waals surface area contributed by atoms with E-state index in [-0.39, 0.29) is 0 Å². The molecule has 7 nitrogen and oxygen atoms in total. The normalized spacial score (nSPS) is 17.2. The minimum atomic E-state index is 0.473. The van der Waals surface area contributed by atoms with Gasteiger partial charge in [0, 0.05) is 34.9 Å². The van der Waals surface area contributed by atoms with Gasteiger partial charge in [-0.25, -0.2) is 4.98 Å². The van der Waals surface area contributed by atoms with E-state index in [0.717, 1.165) is 47.6 Å². The lowest BCUT2D eigenvalue weighted by Gasteiger charge is -2.30. The van der Waals surface area contributed by atoms with Gasteiger partial charge in [0.05, 0.1) is 24.2 Å². The van der Waals surface area contributed by atoms with Crippen LogP contribution in [0.4, 0.5) is 27.2 Å². The van der Waals surface area contributed by atoms with Crippen LogP contribution in [0.2, 0.25) is 10.0 Å². The molecule has 1 saturated heterocycles. The monoisotopic (exact) mass is 632 g/mol. The lowest BCUT2D eigenvalue weighted by molar-refractivity contribution is 0.402. The van der Waals surface area contributed by atoms with Gasteiger partial charge in [0.1, 0.15) is 5.75 Å². The van der Waals surface area contributed by atoms with Gasteiger partial charge in [-0.3, -0.25) is 0 Å². The van der Waals surface area contributed by atoms with E-state index in [1.807, 2.05) is 13.0 Å². The van der Waals surface area contributed by atoms with Crippen molar-refractivity contribution in [3.05, 3.63) is 51.6 Å². The number of nitrogens with two attached hydrogens (primary N) is 2. The maximum absolute atomic E-state index is 6.11. The summed E-state index contributed by atoms with van der Waals surface area (Å²) in [5.74, 6) is 2.52. The van der Waals surface area contributed by atoms with Crippen molar-refractivity contribution in [2.45, 2.75) is 79.1 Å². The number of unbranched alkanes of at least 4 members (excludes halogenated alkanes) is 2. The smallest absolute Gasteiger partial charge is 0.182 e. The number of benzene rings is 2. The van der Waals surface area contributed by atoms with Crippen molar-refractivity contribution in [1.29, 1.82) is 0 Å². The van der Waals surface area contributed by atoms with E-state index in [4.69, 9.17) is 39.4 Å². The molecule has 4 N–H and O–H groups in total. The molecule has 2 aromatic carbocycles. The van der Waals surface area contributed by atoms with E-state index < -0.39 is 0 Å². The minimum Gasteiger partial charge on any atom is -0.495 e. The van der Waals surface area contributed by atoms with Gasteiger partial charge < -0.3 is 21.1 Å². The molecule has 42 heavy (non-hydrogen) atoms. The van der Waals surface area contributed by atoms with Crippen LogP contribution in [0.3, 0.4) is 0 Å². The van der Waals surface area contributed by atoms with Crippen molar-refractivity contribution < 1.29 is 4.74 Å². The molecule has 1 fully saturated rings. The first-order chi connectivity index (χ1) is 20.1. The van der Waals surface area contributed by atoms with Crippen molar-refractivity contribution in [2.24, 2.45) is 22.1 Å². The zero-order valence-corrected chi connectivity index (χ0v) is 28.0. The summed E-state index contributed by atoms with van der Waals surface area (Å²) in [7, 11) is 1.76. The van der Waals surface area contributed by atoms with Gasteiger partial charge in [0.25, 0.3) is 0 Å². The molecule has 0 aliphatic carbocycles. The van der Waals surface area contributed by atoms with Gasteiger partial charge in [-0.05, 0) is 81.2 Å². The molecule has 2 heterocycles. The molecule has 1 aliphatic heterocycles. The van der Waals surface area contributed by atoms with E-state index in [9.17, 15) is 0 Å². The Morgan fingerprint density at radius 3 is 2.02 bits per heavy atom. The number of azo groups is 1. The number of hydrogen-bond acceptors (Lipinski definition) is 8. The molecule has 230 valence electrons. The highest BCUT2D eigenvalue weighted by molar-refractivity contribution is 7.19. The van der Waals surface area contributed by atoms with Crippen LogP contribution in [0.15, 0.2) is 40.6 Å². The lowest BCUT2D eigenvalue weighted by Crippen LogP contribution is -2.31. The van der Waals surface area contributed by atoms with Crippen LogP contribution in [0.1, 0.15) is 76.5 Å². The van der Waals surface area contributed by atoms with E-state index in [0.29, 0.717) is 25.9 Å². The maximum atomic E-state index is 6.11. The summed E-state index contributed by atoms with van der Waals surface area (Å²) in [4.78, 5) is 6.65. The first-order valence-corrected chi connectivity index (χ1v) is 16.5. The summed E-state index contributed by atoms with van der Waals surface area (Å²) in [5.41, 5.74) is 16.2. The molecule has 0 saturated carbocycles. The van der Waals surface area contributed by atoms with Crippen LogP contribution in [0.25, 0.3) is 0 Å². The van der Waals surface area contributed by atoms with Crippen molar-refractivity contribution >= 4 is 61.7 Å². The van der Waals surface area contributed by atoms with Crippen molar-refractivity contribution in [1.82, 2.24) is 4.98 Å². The highest BCUT2D eigenvalue weighted by atomic mass is 35.5. The van der Waals surface area contributed by atoms with Crippen LogP contribution in [-0.2, 0) is 0 Å². The maximum Gasteiger partial charge on any atom is 0.182 e. The van der Waals surface area contributed by atoms with Crippen LogP contribution in [-0.4, -0.2) is 25.2 Å². The van der Waals surface area contributed by atoms with Crippen molar-refractivity contribution in [2.75, 3.05) is 36.6 Å². The fourth-order valence-corrected chi connectivity index (χ4v) is 6.48. The average molecular weight is 634 g/mol. The molecular formula is C32H46Cl2N6OS. The first-order valence-electron chi connectivity index (χ1n) is 14.9. The summed E-state index contributed by atoms with van der Waals surface area (Å²) < 4.78 is 5.69. The number of aryl methyl sites for hydroxylation is 2. The third kappa shape index (κ3) is 10.3. The summed E-state index contributed by atoms with van der Waals surface area (Å²) in [5, 5.41) is 10.3. The molecule has 3 aromatic rings. The standard InChI is InChI=1S/C22H38N2O.C10H8Cl2N4S/c1-5-7-9-18-11-12-19(10-8-6-2)16-24(15-18)21-13-17(3)20(23)14-22(21)25-4;1-5-9(17-10(13)14-5)16-15-8-3-6(11)2-7(12)4-8/h13-14,18-19H,5-12,15-16,23H2,1-4H3;2-4H,1H3,(H2,13,14). The van der Waals surface area contributed by atoms with E-state index in [2.05, 4.69) is 46.9 Å². The van der Waals surface area contributed by atoms with Crippen molar-refractivity contribution in [3.8, 4) is 5.75 Å². The number of hydrogen-bond donors (Lipinski definition) is 2. The Kier molecular flexibility index (Phi) is 13.7. The Labute approximate surface area is 265 Å². The molecule has 1 aliphatic rings. The van der Waals surface area contributed by atoms with Crippen LogP contribution < -0.4 is 21.1 Å². The number of anilines is 3. The van der Waals surface area contributed by atoms with Gasteiger partial charge >= 0.3 is 0 Å². The minimum absolute atomic E-state index is 0.473. The predicted octanol–water partition coefficient (Wildman–Crippen LogP) is 10.6. The molecule has 4 rings (SSSR count).